The third-order valence-electron chi connectivity index (χ3n) is 2.72. The fraction of sp³-hybridized carbons (Fsp3) is 0.667. The lowest BCUT2D eigenvalue weighted by Gasteiger charge is -2.18. The third kappa shape index (κ3) is 3.34. The van der Waals surface area contributed by atoms with Crippen molar-refractivity contribution in [3.05, 3.63) is 17.0 Å². The standard InChI is InChI=1S/C12H20ClN3/c1-4-7-9(5-2)16-12-10(6-3)11(13)14-8-15-12/h8-9H,4-7H2,1-3H3,(H,14,15,16). The van der Waals surface area contributed by atoms with Crippen molar-refractivity contribution in [3.63, 3.8) is 0 Å². The largest absolute Gasteiger partial charge is 0.367 e. The Labute approximate surface area is 103 Å². The molecule has 1 atom stereocenters. The predicted octanol–water partition coefficient (Wildman–Crippen LogP) is 3.68. The van der Waals surface area contributed by atoms with Crippen LogP contribution in [0.2, 0.25) is 5.15 Å². The summed E-state index contributed by atoms with van der Waals surface area (Å²) >= 11 is 6.04. The van der Waals surface area contributed by atoms with Gasteiger partial charge >= 0.3 is 0 Å². The molecule has 1 unspecified atom stereocenters. The molecule has 0 aliphatic carbocycles. The van der Waals surface area contributed by atoms with E-state index < -0.39 is 0 Å². The van der Waals surface area contributed by atoms with Crippen molar-refractivity contribution in [2.75, 3.05) is 5.32 Å². The van der Waals surface area contributed by atoms with E-state index in [-0.39, 0.29) is 0 Å². The van der Waals surface area contributed by atoms with E-state index in [0.717, 1.165) is 30.6 Å². The summed E-state index contributed by atoms with van der Waals surface area (Å²) in [5.41, 5.74) is 1.01. The third-order valence-corrected chi connectivity index (χ3v) is 3.04. The van der Waals surface area contributed by atoms with Gasteiger partial charge in [-0.15, -0.1) is 0 Å². The van der Waals surface area contributed by atoms with Gasteiger partial charge in [-0.1, -0.05) is 38.8 Å². The lowest BCUT2D eigenvalue weighted by Crippen LogP contribution is -2.20. The van der Waals surface area contributed by atoms with Gasteiger partial charge in [-0.2, -0.15) is 0 Å². The van der Waals surface area contributed by atoms with Gasteiger partial charge < -0.3 is 5.32 Å². The summed E-state index contributed by atoms with van der Waals surface area (Å²) in [6.45, 7) is 6.44. The second kappa shape index (κ2) is 6.69. The first-order chi connectivity index (χ1) is 7.72. The van der Waals surface area contributed by atoms with Crippen molar-refractivity contribution in [2.45, 2.75) is 52.5 Å². The number of halogens is 1. The van der Waals surface area contributed by atoms with E-state index >= 15 is 0 Å². The molecule has 0 aliphatic rings. The van der Waals surface area contributed by atoms with E-state index in [0.29, 0.717) is 11.2 Å². The summed E-state index contributed by atoms with van der Waals surface area (Å²) in [5.74, 6) is 0.891. The minimum atomic E-state index is 0.473. The molecule has 0 amide bonds. The average Bonchev–Trinajstić information content (AvgIpc) is 2.28. The molecule has 90 valence electrons. The molecule has 0 fully saturated rings. The van der Waals surface area contributed by atoms with Crippen LogP contribution in [0.4, 0.5) is 5.82 Å². The van der Waals surface area contributed by atoms with E-state index in [4.69, 9.17) is 11.6 Å². The Morgan fingerprint density at radius 2 is 2.06 bits per heavy atom. The number of hydrogen-bond donors (Lipinski definition) is 1. The predicted molar refractivity (Wildman–Crippen MR) is 69.0 cm³/mol. The highest BCUT2D eigenvalue weighted by Gasteiger charge is 2.11. The maximum atomic E-state index is 6.04. The van der Waals surface area contributed by atoms with Gasteiger partial charge in [0.15, 0.2) is 0 Å². The van der Waals surface area contributed by atoms with Crippen LogP contribution in [-0.4, -0.2) is 16.0 Å². The second-order valence-corrected chi connectivity index (χ2v) is 4.24. The van der Waals surface area contributed by atoms with Crippen molar-refractivity contribution in [1.29, 1.82) is 0 Å². The molecule has 4 heteroatoms. The first-order valence-electron chi connectivity index (χ1n) is 5.98. The van der Waals surface area contributed by atoms with Crippen LogP contribution in [0.5, 0.6) is 0 Å². The Kier molecular flexibility index (Phi) is 5.53. The summed E-state index contributed by atoms with van der Waals surface area (Å²) in [6, 6.07) is 0.473. The van der Waals surface area contributed by atoms with Gasteiger partial charge in [-0.3, -0.25) is 0 Å². The Morgan fingerprint density at radius 3 is 2.62 bits per heavy atom. The Hall–Kier alpha value is -0.830. The maximum absolute atomic E-state index is 6.04. The minimum Gasteiger partial charge on any atom is -0.367 e. The highest BCUT2D eigenvalue weighted by molar-refractivity contribution is 6.30. The van der Waals surface area contributed by atoms with Crippen LogP contribution in [0.3, 0.4) is 0 Å². The summed E-state index contributed by atoms with van der Waals surface area (Å²) in [6.07, 6.45) is 5.79. The average molecular weight is 242 g/mol. The lowest BCUT2D eigenvalue weighted by atomic mass is 10.1. The van der Waals surface area contributed by atoms with Gasteiger partial charge in [0.2, 0.25) is 0 Å². The zero-order valence-corrected chi connectivity index (χ0v) is 11.0. The molecular weight excluding hydrogens is 222 g/mol. The first kappa shape index (κ1) is 13.2. The molecule has 16 heavy (non-hydrogen) atoms. The zero-order chi connectivity index (χ0) is 12.0. The minimum absolute atomic E-state index is 0.473. The molecule has 0 spiro atoms. The molecule has 0 aliphatic heterocycles. The zero-order valence-electron chi connectivity index (χ0n) is 10.3. The van der Waals surface area contributed by atoms with E-state index in [1.54, 1.807) is 0 Å². The molecule has 0 bridgehead atoms. The second-order valence-electron chi connectivity index (χ2n) is 3.88. The molecular formula is C12H20ClN3. The van der Waals surface area contributed by atoms with Crippen LogP contribution in [0.25, 0.3) is 0 Å². The summed E-state index contributed by atoms with van der Waals surface area (Å²) < 4.78 is 0. The Bertz CT molecular complexity index is 328. The van der Waals surface area contributed by atoms with Crippen molar-refractivity contribution in [2.24, 2.45) is 0 Å². The van der Waals surface area contributed by atoms with Gasteiger partial charge in [-0.05, 0) is 19.3 Å². The summed E-state index contributed by atoms with van der Waals surface area (Å²) in [5, 5.41) is 4.02. The van der Waals surface area contributed by atoms with E-state index in [9.17, 15) is 0 Å². The van der Waals surface area contributed by atoms with Crippen LogP contribution in [0, 0.1) is 0 Å². The number of rotatable bonds is 6. The Balaban J connectivity index is 2.82. The summed E-state index contributed by atoms with van der Waals surface area (Å²) in [7, 11) is 0. The van der Waals surface area contributed by atoms with E-state index in [2.05, 4.69) is 36.1 Å². The number of aromatic nitrogens is 2. The van der Waals surface area contributed by atoms with Crippen LogP contribution in [-0.2, 0) is 6.42 Å². The quantitative estimate of drug-likeness (QED) is 0.772. The maximum Gasteiger partial charge on any atom is 0.137 e. The molecule has 1 aromatic rings. The molecule has 3 nitrogen and oxygen atoms in total. The molecule has 0 radical (unpaired) electrons. The molecule has 0 saturated heterocycles. The van der Waals surface area contributed by atoms with Crippen LogP contribution < -0.4 is 5.32 Å². The molecule has 1 aromatic heterocycles. The van der Waals surface area contributed by atoms with Gasteiger partial charge in [-0.25, -0.2) is 9.97 Å². The topological polar surface area (TPSA) is 37.8 Å². The van der Waals surface area contributed by atoms with Crippen molar-refractivity contribution < 1.29 is 0 Å². The van der Waals surface area contributed by atoms with Crippen molar-refractivity contribution >= 4 is 17.4 Å². The van der Waals surface area contributed by atoms with Crippen LogP contribution in [0.1, 0.15) is 45.6 Å². The van der Waals surface area contributed by atoms with E-state index in [1.165, 1.54) is 12.7 Å². The van der Waals surface area contributed by atoms with Crippen molar-refractivity contribution in [3.8, 4) is 0 Å². The smallest absolute Gasteiger partial charge is 0.137 e. The van der Waals surface area contributed by atoms with Gasteiger partial charge in [0.25, 0.3) is 0 Å². The fourth-order valence-electron chi connectivity index (χ4n) is 1.75. The first-order valence-corrected chi connectivity index (χ1v) is 6.36. The highest BCUT2D eigenvalue weighted by atomic mass is 35.5. The monoisotopic (exact) mass is 241 g/mol. The SMILES string of the molecule is CCCC(CC)Nc1ncnc(Cl)c1CC. The van der Waals surface area contributed by atoms with Gasteiger partial charge in [0, 0.05) is 11.6 Å². The molecule has 1 heterocycles. The van der Waals surface area contributed by atoms with Crippen LogP contribution in [0.15, 0.2) is 6.33 Å². The fourth-order valence-corrected chi connectivity index (χ4v) is 2.02. The van der Waals surface area contributed by atoms with Crippen LogP contribution >= 0.6 is 11.6 Å². The molecule has 1 rings (SSSR count). The van der Waals surface area contributed by atoms with Gasteiger partial charge in [0.1, 0.15) is 17.3 Å². The number of anilines is 1. The number of hydrogen-bond acceptors (Lipinski definition) is 3. The van der Waals surface area contributed by atoms with Gasteiger partial charge in [0.05, 0.1) is 0 Å². The number of nitrogens with zero attached hydrogens (tertiary/aromatic N) is 2. The normalized spacial score (nSPS) is 12.5. The molecule has 1 N–H and O–H groups in total. The molecule has 0 aromatic carbocycles. The summed E-state index contributed by atoms with van der Waals surface area (Å²) in [4.78, 5) is 8.28. The van der Waals surface area contributed by atoms with E-state index in [1.807, 2.05) is 0 Å². The Morgan fingerprint density at radius 1 is 1.31 bits per heavy atom. The van der Waals surface area contributed by atoms with Crippen molar-refractivity contribution in [1.82, 2.24) is 9.97 Å². The number of nitrogens with one attached hydrogen (secondary N) is 1. The molecule has 0 saturated carbocycles. The lowest BCUT2D eigenvalue weighted by molar-refractivity contribution is 0.619. The highest BCUT2D eigenvalue weighted by Crippen LogP contribution is 2.21.